The molecule has 0 aromatic heterocycles. The summed E-state index contributed by atoms with van der Waals surface area (Å²) >= 11 is 0. The van der Waals surface area contributed by atoms with E-state index in [1.54, 1.807) is 0 Å². The molecule has 1 heterocycles. The highest BCUT2D eigenvalue weighted by atomic mass is 16.4. The van der Waals surface area contributed by atoms with E-state index in [-0.39, 0.29) is 6.04 Å². The molecule has 1 atom stereocenters. The van der Waals surface area contributed by atoms with Crippen molar-refractivity contribution in [1.29, 1.82) is 0 Å². The number of piperazine rings is 1. The smallest absolute Gasteiger partial charge is 0.407 e. The summed E-state index contributed by atoms with van der Waals surface area (Å²) in [7, 11) is 0. The summed E-state index contributed by atoms with van der Waals surface area (Å²) in [4.78, 5) is 14.9. The second-order valence-corrected chi connectivity index (χ2v) is 5.86. The quantitative estimate of drug-likeness (QED) is 0.813. The van der Waals surface area contributed by atoms with E-state index in [0.29, 0.717) is 12.5 Å². The summed E-state index contributed by atoms with van der Waals surface area (Å²) < 4.78 is 0. The van der Waals surface area contributed by atoms with Crippen molar-refractivity contribution >= 4 is 17.5 Å². The van der Waals surface area contributed by atoms with Crippen LogP contribution >= 0.6 is 0 Å². The number of rotatable bonds is 2. The Bertz CT molecular complexity index is 528. The molecule has 0 unspecified atom stereocenters. The Balaban J connectivity index is 1.77. The van der Waals surface area contributed by atoms with Gasteiger partial charge in [0.25, 0.3) is 0 Å². The molecular formula is C15H21N3O2. The van der Waals surface area contributed by atoms with E-state index in [2.05, 4.69) is 11.0 Å². The van der Waals surface area contributed by atoms with Crippen molar-refractivity contribution in [3.8, 4) is 0 Å². The molecule has 2 aliphatic rings. The average molecular weight is 275 g/mol. The largest absolute Gasteiger partial charge is 0.465 e. The van der Waals surface area contributed by atoms with Crippen molar-refractivity contribution in [3.05, 3.63) is 23.8 Å². The molecule has 5 nitrogen and oxygen atoms in total. The minimum Gasteiger partial charge on any atom is -0.465 e. The second kappa shape index (κ2) is 4.89. The van der Waals surface area contributed by atoms with Crippen molar-refractivity contribution in [2.75, 3.05) is 30.3 Å². The maximum Gasteiger partial charge on any atom is 0.407 e. The van der Waals surface area contributed by atoms with Crippen molar-refractivity contribution in [2.24, 2.45) is 0 Å². The van der Waals surface area contributed by atoms with E-state index >= 15 is 0 Å². The molecule has 0 bridgehead atoms. The van der Waals surface area contributed by atoms with Crippen LogP contribution in [0.5, 0.6) is 0 Å². The van der Waals surface area contributed by atoms with Gasteiger partial charge in [-0.15, -0.1) is 0 Å². The highest BCUT2D eigenvalue weighted by Gasteiger charge is 2.29. The summed E-state index contributed by atoms with van der Waals surface area (Å²) in [6.07, 6.45) is 1.64. The van der Waals surface area contributed by atoms with Gasteiger partial charge in [-0.05, 0) is 49.4 Å². The number of nitrogen functional groups attached to an aromatic ring is 1. The number of anilines is 2. The first-order valence-electron chi connectivity index (χ1n) is 7.20. The van der Waals surface area contributed by atoms with Crippen LogP contribution in [0.15, 0.2) is 18.2 Å². The van der Waals surface area contributed by atoms with Gasteiger partial charge < -0.3 is 20.6 Å². The predicted molar refractivity (Wildman–Crippen MR) is 79.2 cm³/mol. The average Bonchev–Trinajstić information content (AvgIpc) is 3.23. The lowest BCUT2D eigenvalue weighted by Gasteiger charge is -2.39. The maximum atomic E-state index is 11.1. The van der Waals surface area contributed by atoms with Gasteiger partial charge in [-0.25, -0.2) is 4.79 Å². The van der Waals surface area contributed by atoms with Gasteiger partial charge >= 0.3 is 6.09 Å². The molecule has 20 heavy (non-hydrogen) atoms. The zero-order valence-corrected chi connectivity index (χ0v) is 11.7. The Morgan fingerprint density at radius 2 is 2.10 bits per heavy atom. The summed E-state index contributed by atoms with van der Waals surface area (Å²) in [5.74, 6) is 0.632. The van der Waals surface area contributed by atoms with E-state index in [9.17, 15) is 4.79 Å². The Morgan fingerprint density at radius 1 is 1.35 bits per heavy atom. The molecule has 3 N–H and O–H groups in total. The van der Waals surface area contributed by atoms with E-state index in [1.807, 2.05) is 19.1 Å². The third kappa shape index (κ3) is 2.40. The third-order valence-electron chi connectivity index (χ3n) is 4.33. The normalized spacial score (nSPS) is 22.9. The van der Waals surface area contributed by atoms with Crippen molar-refractivity contribution < 1.29 is 9.90 Å². The van der Waals surface area contributed by atoms with Crippen LogP contribution in [-0.4, -0.2) is 41.8 Å². The van der Waals surface area contributed by atoms with Gasteiger partial charge in [-0.1, -0.05) is 0 Å². The lowest BCUT2D eigenvalue weighted by molar-refractivity contribution is 0.122. The van der Waals surface area contributed by atoms with Gasteiger partial charge in [0.1, 0.15) is 0 Å². The number of hydrogen-bond donors (Lipinski definition) is 2. The van der Waals surface area contributed by atoms with Crippen molar-refractivity contribution in [1.82, 2.24) is 4.90 Å². The molecule has 0 spiro atoms. The minimum absolute atomic E-state index is 0.0168. The monoisotopic (exact) mass is 275 g/mol. The number of nitrogens with zero attached hydrogens (tertiary/aromatic N) is 2. The standard InChI is InChI=1S/C15H21N3O2/c1-10-9-17(6-7-18(10)15(19)20)12-4-5-14(16)13(8-12)11-2-3-11/h4-5,8,10-11H,2-3,6-7,9,16H2,1H3,(H,19,20)/t10-/m1/s1. The van der Waals surface area contributed by atoms with Gasteiger partial charge in [-0.3, -0.25) is 0 Å². The van der Waals surface area contributed by atoms with E-state index in [4.69, 9.17) is 10.8 Å². The molecule has 0 radical (unpaired) electrons. The molecule has 1 saturated heterocycles. The van der Waals surface area contributed by atoms with Crippen LogP contribution < -0.4 is 10.6 Å². The lowest BCUT2D eigenvalue weighted by atomic mass is 10.1. The molecule has 1 aliphatic heterocycles. The molecule has 108 valence electrons. The zero-order chi connectivity index (χ0) is 14.3. The van der Waals surface area contributed by atoms with E-state index < -0.39 is 6.09 Å². The number of amides is 1. The fraction of sp³-hybridized carbons (Fsp3) is 0.533. The Labute approximate surface area is 119 Å². The molecule has 5 heteroatoms. The zero-order valence-electron chi connectivity index (χ0n) is 11.7. The first-order chi connectivity index (χ1) is 9.56. The van der Waals surface area contributed by atoms with Gasteiger partial charge in [0.05, 0.1) is 0 Å². The van der Waals surface area contributed by atoms with Crippen LogP contribution in [0.1, 0.15) is 31.2 Å². The van der Waals surface area contributed by atoms with Crippen molar-refractivity contribution in [3.63, 3.8) is 0 Å². The molecule has 2 fully saturated rings. The Hall–Kier alpha value is -1.91. The Kier molecular flexibility index (Phi) is 3.20. The second-order valence-electron chi connectivity index (χ2n) is 5.86. The van der Waals surface area contributed by atoms with Gasteiger partial charge in [-0.2, -0.15) is 0 Å². The summed E-state index contributed by atoms with van der Waals surface area (Å²) in [6, 6.07) is 6.24. The van der Waals surface area contributed by atoms with Crippen LogP contribution in [0.3, 0.4) is 0 Å². The molecule has 1 aromatic rings. The molecule has 3 rings (SSSR count). The number of benzene rings is 1. The van der Waals surface area contributed by atoms with Crippen LogP contribution in [0.4, 0.5) is 16.2 Å². The third-order valence-corrected chi connectivity index (χ3v) is 4.33. The summed E-state index contributed by atoms with van der Waals surface area (Å²) in [5, 5.41) is 9.12. The SMILES string of the molecule is C[C@@H]1CN(c2ccc(N)c(C3CC3)c2)CCN1C(=O)O. The first-order valence-corrected chi connectivity index (χ1v) is 7.20. The van der Waals surface area contributed by atoms with Crippen LogP contribution in [-0.2, 0) is 0 Å². The number of hydrogen-bond acceptors (Lipinski definition) is 3. The van der Waals surface area contributed by atoms with Gasteiger partial charge in [0.2, 0.25) is 0 Å². The topological polar surface area (TPSA) is 69.8 Å². The first kappa shape index (κ1) is 13.1. The fourth-order valence-corrected chi connectivity index (χ4v) is 2.98. The predicted octanol–water partition coefficient (Wildman–Crippen LogP) is 2.33. The molecule has 1 amide bonds. The highest BCUT2D eigenvalue weighted by molar-refractivity contribution is 5.66. The van der Waals surface area contributed by atoms with E-state index in [0.717, 1.165) is 24.5 Å². The Morgan fingerprint density at radius 3 is 2.70 bits per heavy atom. The van der Waals surface area contributed by atoms with Crippen molar-refractivity contribution in [2.45, 2.75) is 31.7 Å². The van der Waals surface area contributed by atoms with Gasteiger partial charge in [0, 0.05) is 37.1 Å². The molecular weight excluding hydrogens is 254 g/mol. The van der Waals surface area contributed by atoms with Gasteiger partial charge in [0.15, 0.2) is 0 Å². The highest BCUT2D eigenvalue weighted by Crippen LogP contribution is 2.44. The molecule has 1 aromatic carbocycles. The minimum atomic E-state index is -0.826. The molecule has 1 saturated carbocycles. The molecule has 1 aliphatic carbocycles. The lowest BCUT2D eigenvalue weighted by Crippen LogP contribution is -2.53. The van der Waals surface area contributed by atoms with Crippen LogP contribution in [0.2, 0.25) is 0 Å². The van der Waals surface area contributed by atoms with Crippen LogP contribution in [0, 0.1) is 0 Å². The number of carboxylic acid groups (broad SMARTS) is 1. The number of carbonyl (C=O) groups is 1. The summed E-state index contributed by atoms with van der Waals surface area (Å²) in [6.45, 7) is 3.99. The maximum absolute atomic E-state index is 11.1. The van der Waals surface area contributed by atoms with Crippen LogP contribution in [0.25, 0.3) is 0 Å². The number of nitrogens with two attached hydrogens (primary N) is 1. The van der Waals surface area contributed by atoms with E-state index in [1.165, 1.54) is 23.3 Å². The summed E-state index contributed by atoms with van der Waals surface area (Å²) in [5.41, 5.74) is 9.35. The fourth-order valence-electron chi connectivity index (χ4n) is 2.98.